The first-order chi connectivity index (χ1) is 12.6. The molecule has 3 aromatic rings. The van der Waals surface area contributed by atoms with Crippen LogP contribution in [-0.4, -0.2) is 17.6 Å². The van der Waals surface area contributed by atoms with Gasteiger partial charge >= 0.3 is 17.6 Å². The molecule has 6 nitrogen and oxygen atoms in total. The predicted molar refractivity (Wildman–Crippen MR) is 99.9 cm³/mol. The van der Waals surface area contributed by atoms with Gasteiger partial charge in [-0.1, -0.05) is 25.0 Å². The van der Waals surface area contributed by atoms with E-state index in [1.54, 1.807) is 36.4 Å². The SMILES string of the molecule is CCCCOC(=O)c1ccc(Nc2nc3ccc(C)cc3c(=O)o2)cc1. The number of benzene rings is 2. The van der Waals surface area contributed by atoms with Gasteiger partial charge in [-0.05, 0) is 49.7 Å². The molecule has 134 valence electrons. The Labute approximate surface area is 150 Å². The summed E-state index contributed by atoms with van der Waals surface area (Å²) >= 11 is 0. The molecule has 6 heteroatoms. The number of anilines is 2. The van der Waals surface area contributed by atoms with Gasteiger partial charge < -0.3 is 14.5 Å². The lowest BCUT2D eigenvalue weighted by atomic mass is 10.2. The minimum atomic E-state index is -0.447. The molecule has 0 fully saturated rings. The molecule has 1 N–H and O–H groups in total. The van der Waals surface area contributed by atoms with Crippen molar-refractivity contribution in [2.24, 2.45) is 0 Å². The van der Waals surface area contributed by atoms with Gasteiger partial charge in [-0.15, -0.1) is 0 Å². The van der Waals surface area contributed by atoms with Crippen LogP contribution in [0.2, 0.25) is 0 Å². The highest BCUT2D eigenvalue weighted by Gasteiger charge is 2.09. The number of carbonyl (C=O) groups excluding carboxylic acids is 1. The second-order valence-electron chi connectivity index (χ2n) is 6.02. The third kappa shape index (κ3) is 4.08. The smallest absolute Gasteiger partial charge is 0.348 e. The molecule has 0 aliphatic rings. The Morgan fingerprint density at radius 1 is 1.19 bits per heavy atom. The van der Waals surface area contributed by atoms with Crippen LogP contribution in [-0.2, 0) is 4.74 Å². The zero-order chi connectivity index (χ0) is 18.5. The standard InChI is InChI=1S/C20H20N2O4/c1-3-4-11-25-18(23)14-6-8-15(9-7-14)21-20-22-17-10-5-13(2)12-16(17)19(24)26-20/h5-10,12H,3-4,11H2,1-2H3,(H,21,22). The minimum absolute atomic E-state index is 0.102. The number of aryl methyl sites for hydroxylation is 1. The first-order valence-corrected chi connectivity index (χ1v) is 8.52. The Hall–Kier alpha value is -3.15. The lowest BCUT2D eigenvalue weighted by Crippen LogP contribution is -2.07. The second kappa shape index (κ2) is 7.82. The van der Waals surface area contributed by atoms with Crippen molar-refractivity contribution in [3.05, 3.63) is 64.0 Å². The molecule has 0 atom stereocenters. The summed E-state index contributed by atoms with van der Waals surface area (Å²) in [5.74, 6) is -0.351. The fourth-order valence-corrected chi connectivity index (χ4v) is 2.45. The number of hydrogen-bond donors (Lipinski definition) is 1. The number of unbranched alkanes of at least 4 members (excludes halogenated alkanes) is 1. The number of fused-ring (bicyclic) bond motifs is 1. The Morgan fingerprint density at radius 3 is 2.69 bits per heavy atom. The summed E-state index contributed by atoms with van der Waals surface area (Å²) in [6.45, 7) is 4.36. The van der Waals surface area contributed by atoms with Crippen LogP contribution in [0, 0.1) is 6.92 Å². The molecule has 0 saturated carbocycles. The van der Waals surface area contributed by atoms with Gasteiger partial charge in [-0.3, -0.25) is 0 Å². The van der Waals surface area contributed by atoms with Crippen molar-refractivity contribution < 1.29 is 13.9 Å². The number of nitrogens with one attached hydrogen (secondary N) is 1. The predicted octanol–water partition coefficient (Wildman–Crippen LogP) is 4.20. The molecular formula is C20H20N2O4. The van der Waals surface area contributed by atoms with Gasteiger partial charge in [0.2, 0.25) is 0 Å². The summed E-state index contributed by atoms with van der Waals surface area (Å²) in [7, 11) is 0. The highest BCUT2D eigenvalue weighted by atomic mass is 16.5. The number of esters is 1. The lowest BCUT2D eigenvalue weighted by molar-refractivity contribution is 0.0500. The number of aromatic nitrogens is 1. The van der Waals surface area contributed by atoms with E-state index in [1.165, 1.54) is 0 Å². The summed E-state index contributed by atoms with van der Waals surface area (Å²) in [6.07, 6.45) is 1.82. The molecule has 26 heavy (non-hydrogen) atoms. The van der Waals surface area contributed by atoms with Gasteiger partial charge in [0.15, 0.2) is 0 Å². The van der Waals surface area contributed by atoms with E-state index in [2.05, 4.69) is 10.3 Å². The lowest BCUT2D eigenvalue weighted by Gasteiger charge is -2.07. The fourth-order valence-electron chi connectivity index (χ4n) is 2.45. The van der Waals surface area contributed by atoms with Crippen molar-refractivity contribution in [3.63, 3.8) is 0 Å². The van der Waals surface area contributed by atoms with E-state index in [0.29, 0.717) is 28.8 Å². The van der Waals surface area contributed by atoms with Crippen molar-refractivity contribution in [1.29, 1.82) is 0 Å². The first kappa shape index (κ1) is 17.7. The zero-order valence-electron chi connectivity index (χ0n) is 14.7. The van der Waals surface area contributed by atoms with Crippen molar-refractivity contribution >= 4 is 28.6 Å². The molecular weight excluding hydrogens is 332 g/mol. The van der Waals surface area contributed by atoms with Crippen molar-refractivity contribution in [2.45, 2.75) is 26.7 Å². The normalized spacial score (nSPS) is 10.7. The van der Waals surface area contributed by atoms with Crippen LogP contribution in [0.15, 0.2) is 51.7 Å². The van der Waals surface area contributed by atoms with E-state index in [9.17, 15) is 9.59 Å². The van der Waals surface area contributed by atoms with Crippen molar-refractivity contribution in [1.82, 2.24) is 4.98 Å². The summed E-state index contributed by atoms with van der Waals surface area (Å²) in [4.78, 5) is 28.3. The van der Waals surface area contributed by atoms with E-state index >= 15 is 0 Å². The summed E-state index contributed by atoms with van der Waals surface area (Å²) in [5, 5.41) is 3.39. The van der Waals surface area contributed by atoms with E-state index < -0.39 is 5.63 Å². The maximum Gasteiger partial charge on any atom is 0.348 e. The molecule has 0 spiro atoms. The highest BCUT2D eigenvalue weighted by Crippen LogP contribution is 2.18. The van der Waals surface area contributed by atoms with Crippen LogP contribution < -0.4 is 10.9 Å². The van der Waals surface area contributed by atoms with Crippen molar-refractivity contribution in [2.75, 3.05) is 11.9 Å². The average molecular weight is 352 g/mol. The van der Waals surface area contributed by atoms with Crippen LogP contribution in [0.25, 0.3) is 10.9 Å². The van der Waals surface area contributed by atoms with Crippen LogP contribution in [0.3, 0.4) is 0 Å². The monoisotopic (exact) mass is 352 g/mol. The van der Waals surface area contributed by atoms with Crippen LogP contribution in [0.1, 0.15) is 35.7 Å². The Kier molecular flexibility index (Phi) is 5.31. The number of ether oxygens (including phenoxy) is 1. The molecule has 2 aromatic carbocycles. The van der Waals surface area contributed by atoms with Crippen molar-refractivity contribution in [3.8, 4) is 0 Å². The van der Waals surface area contributed by atoms with Gasteiger partial charge in [0.05, 0.1) is 23.1 Å². The molecule has 0 amide bonds. The van der Waals surface area contributed by atoms with Crippen LogP contribution >= 0.6 is 0 Å². The van der Waals surface area contributed by atoms with Crippen LogP contribution in [0.5, 0.6) is 0 Å². The molecule has 0 aliphatic heterocycles. The van der Waals surface area contributed by atoms with E-state index in [-0.39, 0.29) is 12.0 Å². The topological polar surface area (TPSA) is 81.4 Å². The Balaban J connectivity index is 1.75. The highest BCUT2D eigenvalue weighted by molar-refractivity contribution is 5.89. The Bertz CT molecular complexity index is 977. The summed E-state index contributed by atoms with van der Waals surface area (Å²) in [5.41, 5.74) is 2.20. The second-order valence-corrected chi connectivity index (χ2v) is 6.02. The maximum atomic E-state index is 12.1. The number of hydrogen-bond acceptors (Lipinski definition) is 6. The summed E-state index contributed by atoms with van der Waals surface area (Å²) < 4.78 is 10.4. The van der Waals surface area contributed by atoms with Gasteiger partial charge in [0, 0.05) is 5.69 Å². The van der Waals surface area contributed by atoms with Gasteiger partial charge in [0.25, 0.3) is 0 Å². The average Bonchev–Trinajstić information content (AvgIpc) is 2.63. The zero-order valence-corrected chi connectivity index (χ0v) is 14.7. The molecule has 1 heterocycles. The number of nitrogens with zero attached hydrogens (tertiary/aromatic N) is 1. The maximum absolute atomic E-state index is 12.1. The van der Waals surface area contributed by atoms with E-state index in [0.717, 1.165) is 18.4 Å². The third-order valence-electron chi connectivity index (χ3n) is 3.89. The van der Waals surface area contributed by atoms with Crippen LogP contribution in [0.4, 0.5) is 11.7 Å². The fraction of sp³-hybridized carbons (Fsp3) is 0.250. The molecule has 0 radical (unpaired) electrons. The first-order valence-electron chi connectivity index (χ1n) is 8.52. The molecule has 0 aliphatic carbocycles. The number of rotatable bonds is 6. The number of carbonyl (C=O) groups is 1. The van der Waals surface area contributed by atoms with Gasteiger partial charge in [-0.2, -0.15) is 4.98 Å². The minimum Gasteiger partial charge on any atom is -0.462 e. The van der Waals surface area contributed by atoms with Gasteiger partial charge in [0.1, 0.15) is 0 Å². The Morgan fingerprint density at radius 2 is 1.96 bits per heavy atom. The molecule has 0 saturated heterocycles. The molecule has 3 rings (SSSR count). The van der Waals surface area contributed by atoms with E-state index in [4.69, 9.17) is 9.15 Å². The van der Waals surface area contributed by atoms with Gasteiger partial charge in [-0.25, -0.2) is 9.59 Å². The molecule has 1 aromatic heterocycles. The quantitative estimate of drug-likeness (QED) is 0.529. The largest absolute Gasteiger partial charge is 0.462 e. The molecule has 0 unspecified atom stereocenters. The van der Waals surface area contributed by atoms with E-state index in [1.807, 2.05) is 19.9 Å². The molecule has 0 bridgehead atoms. The third-order valence-corrected chi connectivity index (χ3v) is 3.89. The summed E-state index contributed by atoms with van der Waals surface area (Å²) in [6, 6.07) is 12.2.